The Morgan fingerprint density at radius 3 is 1.82 bits per heavy atom. The van der Waals surface area contributed by atoms with Gasteiger partial charge in [-0.15, -0.1) is 0 Å². The molecule has 0 bridgehead atoms. The summed E-state index contributed by atoms with van der Waals surface area (Å²) in [5, 5.41) is 0. The fourth-order valence-electron chi connectivity index (χ4n) is 3.71. The van der Waals surface area contributed by atoms with Crippen LogP contribution in [0.3, 0.4) is 0 Å². The van der Waals surface area contributed by atoms with Crippen molar-refractivity contribution in [1.82, 2.24) is 0 Å². The van der Waals surface area contributed by atoms with E-state index >= 15 is 0 Å². The molecule has 0 amide bonds. The molecule has 0 heterocycles. The summed E-state index contributed by atoms with van der Waals surface area (Å²) in [6.07, 6.45) is 2.38. The summed E-state index contributed by atoms with van der Waals surface area (Å²) in [5.74, 6) is 1.21. The number of aryl methyl sites for hydroxylation is 2. The van der Waals surface area contributed by atoms with Crippen molar-refractivity contribution in [3.8, 4) is 0 Å². The lowest BCUT2D eigenvalue weighted by atomic mass is 9.70. The van der Waals surface area contributed by atoms with Crippen molar-refractivity contribution in [3.63, 3.8) is 0 Å². The largest absolute Gasteiger partial charge is 0.0737 e. The predicted octanol–water partition coefficient (Wildman–Crippen LogP) is 6.30. The van der Waals surface area contributed by atoms with Crippen molar-refractivity contribution in [3.05, 3.63) is 81.9 Å². The van der Waals surface area contributed by atoms with Crippen LogP contribution in [0.15, 0.2) is 59.7 Å². The van der Waals surface area contributed by atoms with Crippen molar-refractivity contribution in [2.75, 3.05) is 0 Å². The van der Waals surface area contributed by atoms with Crippen molar-refractivity contribution >= 4 is 0 Å². The quantitative estimate of drug-likeness (QED) is 0.569. The molecule has 114 valence electrons. The fraction of sp³-hybridized carbons (Fsp3) is 0.364. The first kappa shape index (κ1) is 15.1. The second-order valence-corrected chi connectivity index (χ2v) is 7.01. The molecule has 0 spiro atoms. The maximum atomic E-state index is 2.37. The van der Waals surface area contributed by atoms with Gasteiger partial charge in [0.1, 0.15) is 0 Å². The Hall–Kier alpha value is -1.82. The summed E-state index contributed by atoms with van der Waals surface area (Å²) in [6, 6.07) is 18.3. The van der Waals surface area contributed by atoms with Gasteiger partial charge in [0, 0.05) is 0 Å². The smallest absolute Gasteiger partial charge is 0.00527 e. The minimum absolute atomic E-state index is 0.603. The molecule has 0 nitrogen and oxygen atoms in total. The zero-order valence-electron chi connectivity index (χ0n) is 14.2. The van der Waals surface area contributed by atoms with Crippen molar-refractivity contribution < 1.29 is 0 Å². The molecule has 3 rings (SSSR count). The van der Waals surface area contributed by atoms with E-state index in [-0.39, 0.29) is 0 Å². The number of allylic oxidation sites excluding steroid dienone is 2. The van der Waals surface area contributed by atoms with E-state index in [9.17, 15) is 0 Å². The third-order valence-electron chi connectivity index (χ3n) is 5.24. The van der Waals surface area contributed by atoms with Crippen LogP contribution >= 0.6 is 0 Å². The minimum Gasteiger partial charge on any atom is -0.0737 e. The highest BCUT2D eigenvalue weighted by Gasteiger charge is 2.29. The summed E-state index contributed by atoms with van der Waals surface area (Å²) in [5.41, 5.74) is 8.85. The van der Waals surface area contributed by atoms with Gasteiger partial charge in [0.15, 0.2) is 0 Å². The van der Waals surface area contributed by atoms with Gasteiger partial charge < -0.3 is 0 Å². The molecular formula is C22H26. The van der Waals surface area contributed by atoms with Gasteiger partial charge in [-0.1, -0.05) is 70.8 Å². The lowest BCUT2D eigenvalue weighted by Gasteiger charge is -2.34. The zero-order chi connectivity index (χ0) is 15.7. The Balaban J connectivity index is 2.02. The molecule has 0 N–H and O–H groups in total. The lowest BCUT2D eigenvalue weighted by Crippen LogP contribution is -2.17. The van der Waals surface area contributed by atoms with Crippen LogP contribution in [0.1, 0.15) is 60.8 Å². The zero-order valence-corrected chi connectivity index (χ0v) is 14.2. The van der Waals surface area contributed by atoms with Crippen LogP contribution < -0.4 is 0 Å². The second-order valence-electron chi connectivity index (χ2n) is 7.01. The molecule has 0 aromatic heterocycles. The first-order chi connectivity index (χ1) is 10.5. The summed E-state index contributed by atoms with van der Waals surface area (Å²) >= 11 is 0. The maximum Gasteiger partial charge on any atom is -0.00527 e. The van der Waals surface area contributed by atoms with Crippen LogP contribution in [0.5, 0.6) is 0 Å². The summed E-state index contributed by atoms with van der Waals surface area (Å²) in [6.45, 7) is 8.98. The third-order valence-corrected chi connectivity index (χ3v) is 5.24. The van der Waals surface area contributed by atoms with E-state index in [2.05, 4.69) is 76.2 Å². The lowest BCUT2D eigenvalue weighted by molar-refractivity contribution is 0.496. The Kier molecular flexibility index (Phi) is 4.20. The van der Waals surface area contributed by atoms with E-state index in [1.165, 1.54) is 35.1 Å². The van der Waals surface area contributed by atoms with Crippen LogP contribution in [0.2, 0.25) is 0 Å². The van der Waals surface area contributed by atoms with Crippen molar-refractivity contribution in [2.24, 2.45) is 0 Å². The normalized spacial score (nSPS) is 22.0. The highest BCUT2D eigenvalue weighted by molar-refractivity contribution is 5.37. The van der Waals surface area contributed by atoms with Crippen molar-refractivity contribution in [1.29, 1.82) is 0 Å². The minimum atomic E-state index is 0.603. The van der Waals surface area contributed by atoms with Gasteiger partial charge in [-0.25, -0.2) is 0 Å². The Labute approximate surface area is 134 Å². The molecular weight excluding hydrogens is 264 g/mol. The number of benzene rings is 2. The molecule has 0 saturated heterocycles. The third kappa shape index (κ3) is 3.02. The predicted molar refractivity (Wildman–Crippen MR) is 95.4 cm³/mol. The molecule has 2 aromatic carbocycles. The average molecular weight is 290 g/mol. The second kappa shape index (κ2) is 6.12. The first-order valence-corrected chi connectivity index (χ1v) is 8.33. The molecule has 0 unspecified atom stereocenters. The molecule has 0 saturated carbocycles. The van der Waals surface area contributed by atoms with Gasteiger partial charge >= 0.3 is 0 Å². The summed E-state index contributed by atoms with van der Waals surface area (Å²) in [4.78, 5) is 0. The Morgan fingerprint density at radius 1 is 0.636 bits per heavy atom. The number of hydrogen-bond donors (Lipinski definition) is 0. The van der Waals surface area contributed by atoms with E-state index in [0.29, 0.717) is 11.8 Å². The standard InChI is InChI=1S/C22H26/c1-15-8-10-19(11-9-15)21-13-17(3)18(4)14-22(21)20-7-5-6-16(2)12-20/h5-12,21-22H,13-14H2,1-4H3/t21-,22-/m0/s1. The average Bonchev–Trinajstić information content (AvgIpc) is 2.50. The van der Waals surface area contributed by atoms with E-state index in [0.717, 1.165) is 0 Å². The van der Waals surface area contributed by atoms with Crippen LogP contribution in [0.4, 0.5) is 0 Å². The van der Waals surface area contributed by atoms with E-state index < -0.39 is 0 Å². The highest BCUT2D eigenvalue weighted by atomic mass is 14.3. The Morgan fingerprint density at radius 2 is 1.23 bits per heavy atom. The van der Waals surface area contributed by atoms with Crippen LogP contribution in [0.25, 0.3) is 0 Å². The first-order valence-electron chi connectivity index (χ1n) is 8.33. The van der Waals surface area contributed by atoms with Gasteiger partial charge in [0.2, 0.25) is 0 Å². The molecule has 1 aliphatic rings. The van der Waals surface area contributed by atoms with Crippen LogP contribution in [-0.4, -0.2) is 0 Å². The summed E-state index contributed by atoms with van der Waals surface area (Å²) < 4.78 is 0. The van der Waals surface area contributed by atoms with Gasteiger partial charge in [-0.3, -0.25) is 0 Å². The monoisotopic (exact) mass is 290 g/mol. The molecule has 0 heteroatoms. The van der Waals surface area contributed by atoms with Gasteiger partial charge in [-0.05, 0) is 63.5 Å². The fourth-order valence-corrected chi connectivity index (χ4v) is 3.71. The highest BCUT2D eigenvalue weighted by Crippen LogP contribution is 2.46. The van der Waals surface area contributed by atoms with Gasteiger partial charge in [0.05, 0.1) is 0 Å². The van der Waals surface area contributed by atoms with E-state index in [1.807, 2.05) is 0 Å². The van der Waals surface area contributed by atoms with Crippen LogP contribution in [-0.2, 0) is 0 Å². The SMILES string of the molecule is CC1=C(C)C[C@@H](c2cccc(C)c2)[C@H](c2ccc(C)cc2)C1. The topological polar surface area (TPSA) is 0 Å². The molecule has 22 heavy (non-hydrogen) atoms. The molecule has 2 aromatic rings. The number of hydrogen-bond acceptors (Lipinski definition) is 0. The number of rotatable bonds is 2. The van der Waals surface area contributed by atoms with Crippen LogP contribution in [0, 0.1) is 13.8 Å². The molecule has 2 atom stereocenters. The Bertz CT molecular complexity index is 688. The van der Waals surface area contributed by atoms with E-state index in [4.69, 9.17) is 0 Å². The van der Waals surface area contributed by atoms with E-state index in [1.54, 1.807) is 11.1 Å². The summed E-state index contributed by atoms with van der Waals surface area (Å²) in [7, 11) is 0. The molecule has 0 radical (unpaired) electrons. The van der Waals surface area contributed by atoms with Gasteiger partial charge in [-0.2, -0.15) is 0 Å². The molecule has 0 fully saturated rings. The molecule has 0 aliphatic heterocycles. The maximum absolute atomic E-state index is 2.37. The van der Waals surface area contributed by atoms with Crippen molar-refractivity contribution in [2.45, 2.75) is 52.4 Å². The molecule has 1 aliphatic carbocycles. The van der Waals surface area contributed by atoms with Gasteiger partial charge in [0.25, 0.3) is 0 Å².